The molecule has 1 heterocycles. The molecule has 0 saturated heterocycles. The van der Waals surface area contributed by atoms with Crippen molar-refractivity contribution in [3.05, 3.63) is 34.3 Å². The van der Waals surface area contributed by atoms with E-state index in [9.17, 15) is 0 Å². The zero-order valence-electron chi connectivity index (χ0n) is 7.64. The summed E-state index contributed by atoms with van der Waals surface area (Å²) in [5.41, 5.74) is 2.74. The summed E-state index contributed by atoms with van der Waals surface area (Å²) in [7, 11) is 0. The van der Waals surface area contributed by atoms with E-state index in [0.717, 1.165) is 11.6 Å². The van der Waals surface area contributed by atoms with Crippen LogP contribution in [-0.2, 0) is 12.1 Å². The highest BCUT2D eigenvalue weighted by atomic mass is 79.9. The van der Waals surface area contributed by atoms with Crippen LogP contribution >= 0.6 is 27.7 Å². The van der Waals surface area contributed by atoms with Crippen molar-refractivity contribution in [2.45, 2.75) is 25.9 Å². The van der Waals surface area contributed by atoms with E-state index >= 15 is 0 Å². The van der Waals surface area contributed by atoms with Crippen LogP contribution in [0.1, 0.15) is 25.0 Å². The Kier molecular flexibility index (Phi) is 2.17. The van der Waals surface area contributed by atoms with Crippen LogP contribution in [0.2, 0.25) is 5.02 Å². The Morgan fingerprint density at radius 3 is 2.85 bits per heavy atom. The second-order valence-electron chi connectivity index (χ2n) is 3.88. The fraction of sp³-hybridized carbons (Fsp3) is 0.400. The molecule has 0 fully saturated rings. The summed E-state index contributed by atoms with van der Waals surface area (Å²) in [5, 5.41) is 0.817. The predicted molar refractivity (Wildman–Crippen MR) is 58.9 cm³/mol. The van der Waals surface area contributed by atoms with Gasteiger partial charge >= 0.3 is 0 Å². The van der Waals surface area contributed by atoms with Crippen LogP contribution in [0, 0.1) is 0 Å². The van der Waals surface area contributed by atoms with Crippen molar-refractivity contribution in [2.24, 2.45) is 0 Å². The van der Waals surface area contributed by atoms with Gasteiger partial charge < -0.3 is 0 Å². The molecule has 1 aliphatic rings. The van der Waals surface area contributed by atoms with E-state index < -0.39 is 0 Å². The van der Waals surface area contributed by atoms with E-state index in [1.54, 1.807) is 0 Å². The summed E-state index contributed by atoms with van der Waals surface area (Å²) in [6.07, 6.45) is 0. The average molecular weight is 261 g/mol. The second kappa shape index (κ2) is 2.97. The monoisotopic (exact) mass is 259 g/mol. The second-order valence-corrected chi connectivity index (χ2v) is 5.17. The van der Waals surface area contributed by atoms with E-state index in [1.807, 2.05) is 12.1 Å². The van der Waals surface area contributed by atoms with Crippen LogP contribution in [0.15, 0.2) is 18.2 Å². The maximum Gasteiger partial charge on any atom is 0.0515 e. The molecule has 0 aliphatic carbocycles. The van der Waals surface area contributed by atoms with Crippen molar-refractivity contribution in [3.8, 4) is 0 Å². The fourth-order valence-corrected chi connectivity index (χ4v) is 2.42. The van der Waals surface area contributed by atoms with Gasteiger partial charge in [0.05, 0.1) is 5.54 Å². The minimum absolute atomic E-state index is 0.0694. The smallest absolute Gasteiger partial charge is 0.0515 e. The molecule has 0 aromatic heterocycles. The molecule has 70 valence electrons. The number of fused-ring (bicyclic) bond motifs is 1. The number of nitrogens with zero attached hydrogens (tertiary/aromatic N) is 1. The van der Waals surface area contributed by atoms with E-state index in [1.165, 1.54) is 11.1 Å². The van der Waals surface area contributed by atoms with Gasteiger partial charge in [0.1, 0.15) is 0 Å². The third kappa shape index (κ3) is 1.41. The number of rotatable bonds is 0. The van der Waals surface area contributed by atoms with Crippen LogP contribution < -0.4 is 0 Å². The van der Waals surface area contributed by atoms with Crippen LogP contribution in [0.4, 0.5) is 0 Å². The Bertz CT molecular complexity index is 349. The topological polar surface area (TPSA) is 3.24 Å². The molecule has 0 saturated carbocycles. The van der Waals surface area contributed by atoms with Crippen LogP contribution in [0.25, 0.3) is 0 Å². The van der Waals surface area contributed by atoms with Gasteiger partial charge in [-0.25, -0.2) is 3.93 Å². The highest BCUT2D eigenvalue weighted by Gasteiger charge is 2.35. The Balaban J connectivity index is 2.55. The number of benzene rings is 1. The van der Waals surface area contributed by atoms with E-state index in [-0.39, 0.29) is 5.54 Å². The van der Waals surface area contributed by atoms with E-state index in [0.29, 0.717) is 0 Å². The average Bonchev–Trinajstić information content (AvgIpc) is 2.23. The maximum absolute atomic E-state index is 5.93. The molecule has 2 rings (SSSR count). The fourth-order valence-electron chi connectivity index (χ4n) is 1.77. The molecule has 0 N–H and O–H groups in total. The van der Waals surface area contributed by atoms with Gasteiger partial charge in [0, 0.05) is 27.7 Å². The van der Waals surface area contributed by atoms with Crippen molar-refractivity contribution in [1.29, 1.82) is 0 Å². The minimum Gasteiger partial charge on any atom is -0.228 e. The molecule has 1 aliphatic heterocycles. The quantitative estimate of drug-likeness (QED) is 0.643. The summed E-state index contributed by atoms with van der Waals surface area (Å²) >= 11 is 9.49. The molecular weight excluding hydrogens is 249 g/mol. The molecule has 3 heteroatoms. The van der Waals surface area contributed by atoms with Crippen LogP contribution in [-0.4, -0.2) is 3.93 Å². The van der Waals surface area contributed by atoms with Crippen molar-refractivity contribution in [3.63, 3.8) is 0 Å². The number of halogens is 2. The largest absolute Gasteiger partial charge is 0.228 e. The molecule has 0 spiro atoms. The molecule has 13 heavy (non-hydrogen) atoms. The molecule has 0 bridgehead atoms. The highest BCUT2D eigenvalue weighted by Crippen LogP contribution is 2.41. The first kappa shape index (κ1) is 9.50. The molecule has 1 aromatic carbocycles. The van der Waals surface area contributed by atoms with Crippen molar-refractivity contribution >= 4 is 27.7 Å². The summed E-state index contributed by atoms with van der Waals surface area (Å²) in [5.74, 6) is 0. The molecule has 1 nitrogen and oxygen atoms in total. The number of hydrogen-bond donors (Lipinski definition) is 0. The lowest BCUT2D eigenvalue weighted by atomic mass is 9.95. The van der Waals surface area contributed by atoms with Crippen molar-refractivity contribution in [2.75, 3.05) is 0 Å². The zero-order valence-corrected chi connectivity index (χ0v) is 9.98. The first-order chi connectivity index (χ1) is 6.01. The Morgan fingerprint density at radius 1 is 1.46 bits per heavy atom. The highest BCUT2D eigenvalue weighted by molar-refractivity contribution is 9.07. The minimum atomic E-state index is 0.0694. The van der Waals surface area contributed by atoms with Gasteiger partial charge in [0.2, 0.25) is 0 Å². The summed E-state index contributed by atoms with van der Waals surface area (Å²) in [6, 6.07) is 6.10. The Hall–Kier alpha value is -0.0500. The summed E-state index contributed by atoms with van der Waals surface area (Å²) in [6.45, 7) is 5.31. The van der Waals surface area contributed by atoms with E-state index in [4.69, 9.17) is 11.6 Å². The molecule has 1 aromatic rings. The van der Waals surface area contributed by atoms with Crippen molar-refractivity contribution < 1.29 is 0 Å². The van der Waals surface area contributed by atoms with E-state index in [2.05, 4.69) is 40.0 Å². The first-order valence-electron chi connectivity index (χ1n) is 4.24. The normalized spacial score (nSPS) is 20.3. The lowest BCUT2D eigenvalue weighted by molar-refractivity contribution is 0.294. The van der Waals surface area contributed by atoms with Gasteiger partial charge in [-0.05, 0) is 37.1 Å². The van der Waals surface area contributed by atoms with Crippen LogP contribution in [0.3, 0.4) is 0 Å². The third-order valence-electron chi connectivity index (χ3n) is 2.64. The molecular formula is C10H11BrClN. The van der Waals surface area contributed by atoms with Gasteiger partial charge in [0.25, 0.3) is 0 Å². The first-order valence-corrected chi connectivity index (χ1v) is 5.33. The maximum atomic E-state index is 5.93. The summed E-state index contributed by atoms with van der Waals surface area (Å²) < 4.78 is 2.15. The van der Waals surface area contributed by atoms with Gasteiger partial charge in [-0.1, -0.05) is 17.7 Å². The Morgan fingerprint density at radius 2 is 2.15 bits per heavy atom. The lowest BCUT2D eigenvalue weighted by Crippen LogP contribution is -2.26. The third-order valence-corrected chi connectivity index (χ3v) is 4.01. The molecule has 0 amide bonds. The van der Waals surface area contributed by atoms with Gasteiger partial charge in [0.15, 0.2) is 0 Å². The summed E-state index contributed by atoms with van der Waals surface area (Å²) in [4.78, 5) is 0. The molecule has 0 unspecified atom stereocenters. The van der Waals surface area contributed by atoms with Crippen molar-refractivity contribution in [1.82, 2.24) is 3.93 Å². The van der Waals surface area contributed by atoms with Gasteiger partial charge in [-0.3, -0.25) is 0 Å². The molecule has 0 radical (unpaired) electrons. The van der Waals surface area contributed by atoms with Gasteiger partial charge in [-0.2, -0.15) is 0 Å². The SMILES string of the molecule is CC1(C)c2ccc(Cl)cc2CN1Br. The standard InChI is InChI=1S/C10H11BrClN/c1-10(2)9-4-3-8(12)5-7(9)6-13(10)11/h3-5H,6H2,1-2H3. The lowest BCUT2D eigenvalue weighted by Gasteiger charge is -2.26. The van der Waals surface area contributed by atoms with Crippen LogP contribution in [0.5, 0.6) is 0 Å². The predicted octanol–water partition coefficient (Wildman–Crippen LogP) is 3.70. The number of hydrogen-bond acceptors (Lipinski definition) is 1. The van der Waals surface area contributed by atoms with Gasteiger partial charge in [-0.15, -0.1) is 0 Å². The molecule has 0 atom stereocenters. The Labute approximate surface area is 92.0 Å². The zero-order chi connectivity index (χ0) is 9.64.